The second kappa shape index (κ2) is 10.0. The number of hydrogen-bond acceptors (Lipinski definition) is 5. The predicted octanol–water partition coefficient (Wildman–Crippen LogP) is 4.12. The second-order valence-corrected chi connectivity index (χ2v) is 9.74. The molecule has 1 saturated heterocycles. The monoisotopic (exact) mass is 423 g/mol. The lowest BCUT2D eigenvalue weighted by Crippen LogP contribution is -2.54. The molecule has 2 N–H and O–H groups in total. The fraction of sp³-hybridized carbons (Fsp3) is 0.417. The molecular weight excluding hydrogens is 394 g/mol. The first kappa shape index (κ1) is 22.2. The summed E-state index contributed by atoms with van der Waals surface area (Å²) in [7, 11) is 0. The van der Waals surface area contributed by atoms with E-state index in [2.05, 4.69) is 6.07 Å². The van der Waals surface area contributed by atoms with Crippen molar-refractivity contribution in [3.63, 3.8) is 0 Å². The number of amides is 1. The van der Waals surface area contributed by atoms with Crippen molar-refractivity contribution >= 4 is 17.7 Å². The number of nitriles is 1. The van der Waals surface area contributed by atoms with E-state index in [4.69, 9.17) is 10.5 Å². The smallest absolute Gasteiger partial charge is 0.241 e. The van der Waals surface area contributed by atoms with Crippen molar-refractivity contribution in [1.82, 2.24) is 4.90 Å². The molecule has 1 amide bonds. The van der Waals surface area contributed by atoms with Gasteiger partial charge in [-0.15, -0.1) is 11.8 Å². The summed E-state index contributed by atoms with van der Waals surface area (Å²) in [5, 5.41) is 9.25. The first-order valence-corrected chi connectivity index (χ1v) is 11.2. The lowest BCUT2D eigenvalue weighted by molar-refractivity contribution is -0.133. The number of ether oxygens (including phenoxy) is 1. The topological polar surface area (TPSA) is 79.3 Å². The van der Waals surface area contributed by atoms with E-state index in [0.29, 0.717) is 13.2 Å². The Morgan fingerprint density at radius 1 is 1.23 bits per heavy atom. The van der Waals surface area contributed by atoms with Crippen LogP contribution in [0.15, 0.2) is 54.6 Å². The number of rotatable bonds is 8. The third-order valence-electron chi connectivity index (χ3n) is 5.48. The minimum absolute atomic E-state index is 0.124. The average Bonchev–Trinajstić information content (AvgIpc) is 3.25. The molecule has 30 heavy (non-hydrogen) atoms. The third-order valence-corrected chi connectivity index (χ3v) is 6.96. The second-order valence-electron chi connectivity index (χ2n) is 8.11. The number of nitrogens with two attached hydrogens (primary N) is 1. The van der Waals surface area contributed by atoms with Crippen molar-refractivity contribution in [2.45, 2.75) is 55.9 Å². The van der Waals surface area contributed by atoms with Crippen LogP contribution in [0.25, 0.3) is 0 Å². The minimum atomic E-state index is -0.648. The lowest BCUT2D eigenvalue weighted by Gasteiger charge is -2.33. The zero-order valence-electron chi connectivity index (χ0n) is 17.6. The molecule has 2 atom stereocenters. The maximum absolute atomic E-state index is 12.8. The Labute approximate surface area is 183 Å². The number of hydrogen-bond donors (Lipinski definition) is 1. The predicted molar refractivity (Wildman–Crippen MR) is 121 cm³/mol. The molecule has 1 aliphatic heterocycles. The van der Waals surface area contributed by atoms with Crippen LogP contribution >= 0.6 is 11.8 Å². The largest absolute Gasteiger partial charge is 0.489 e. The summed E-state index contributed by atoms with van der Waals surface area (Å²) in [6.45, 7) is 5.15. The molecule has 0 bridgehead atoms. The van der Waals surface area contributed by atoms with Crippen molar-refractivity contribution in [3.05, 3.63) is 65.7 Å². The maximum atomic E-state index is 12.8. The van der Waals surface area contributed by atoms with Crippen molar-refractivity contribution < 1.29 is 9.53 Å². The van der Waals surface area contributed by atoms with Gasteiger partial charge in [-0.25, -0.2) is 0 Å². The molecule has 0 aromatic heterocycles. The first-order valence-electron chi connectivity index (χ1n) is 10.3. The van der Waals surface area contributed by atoms with E-state index >= 15 is 0 Å². The van der Waals surface area contributed by atoms with Crippen LogP contribution in [-0.2, 0) is 17.2 Å². The van der Waals surface area contributed by atoms with Gasteiger partial charge in [0.25, 0.3) is 0 Å². The van der Waals surface area contributed by atoms with Gasteiger partial charge in [0.1, 0.15) is 18.4 Å². The van der Waals surface area contributed by atoms with E-state index in [0.717, 1.165) is 35.5 Å². The summed E-state index contributed by atoms with van der Waals surface area (Å²) in [6.07, 6.45) is 1.60. The Kier molecular flexibility index (Phi) is 7.41. The van der Waals surface area contributed by atoms with Gasteiger partial charge in [0.2, 0.25) is 5.91 Å². The average molecular weight is 424 g/mol. The molecule has 2 aromatic carbocycles. The van der Waals surface area contributed by atoms with Crippen LogP contribution in [0.5, 0.6) is 5.75 Å². The molecule has 2 unspecified atom stereocenters. The summed E-state index contributed by atoms with van der Waals surface area (Å²) in [6, 6.07) is 19.3. The van der Waals surface area contributed by atoms with Crippen LogP contribution in [0.3, 0.4) is 0 Å². The van der Waals surface area contributed by atoms with Crippen LogP contribution < -0.4 is 10.5 Å². The highest BCUT2D eigenvalue weighted by atomic mass is 32.2. The van der Waals surface area contributed by atoms with Gasteiger partial charge in [0.05, 0.1) is 12.1 Å². The van der Waals surface area contributed by atoms with E-state index in [-0.39, 0.29) is 11.9 Å². The van der Waals surface area contributed by atoms with Gasteiger partial charge < -0.3 is 15.4 Å². The van der Waals surface area contributed by atoms with Gasteiger partial charge >= 0.3 is 0 Å². The number of benzene rings is 2. The number of carbonyl (C=O) groups excluding carboxylic acids is 1. The zero-order chi connectivity index (χ0) is 21.6. The highest BCUT2D eigenvalue weighted by molar-refractivity contribution is 7.99. The molecule has 0 aliphatic carbocycles. The van der Waals surface area contributed by atoms with Gasteiger partial charge in [0.15, 0.2) is 0 Å². The maximum Gasteiger partial charge on any atom is 0.241 e. The van der Waals surface area contributed by atoms with Crippen LogP contribution in [-0.4, -0.2) is 34.2 Å². The molecule has 0 saturated carbocycles. The SMILES string of the molecule is CC(C)(SCc1ccc(OCc2ccccc2)cc1)C(N)C(=O)N1CCCC1C#N. The Hall–Kier alpha value is -2.49. The van der Waals surface area contributed by atoms with Gasteiger partial charge in [-0.05, 0) is 49.9 Å². The molecule has 6 heteroatoms. The van der Waals surface area contributed by atoms with E-state index in [9.17, 15) is 10.1 Å². The number of thioether (sulfide) groups is 1. The van der Waals surface area contributed by atoms with E-state index in [1.165, 1.54) is 0 Å². The van der Waals surface area contributed by atoms with Crippen molar-refractivity contribution in [2.24, 2.45) is 5.73 Å². The van der Waals surface area contributed by atoms with E-state index in [1.807, 2.05) is 68.4 Å². The molecule has 158 valence electrons. The highest BCUT2D eigenvalue weighted by Crippen LogP contribution is 2.33. The number of nitrogens with zero attached hydrogens (tertiary/aromatic N) is 2. The van der Waals surface area contributed by atoms with Gasteiger partial charge in [-0.1, -0.05) is 42.5 Å². The molecular formula is C24H29N3O2S. The zero-order valence-corrected chi connectivity index (χ0v) is 18.4. The molecule has 3 rings (SSSR count). The minimum Gasteiger partial charge on any atom is -0.489 e. The van der Waals surface area contributed by atoms with Crippen LogP contribution in [0.1, 0.15) is 37.8 Å². The molecule has 5 nitrogen and oxygen atoms in total. The Bertz CT molecular complexity index is 878. The van der Waals surface area contributed by atoms with Crippen molar-refractivity contribution in [3.8, 4) is 11.8 Å². The van der Waals surface area contributed by atoms with Gasteiger partial charge in [-0.3, -0.25) is 4.79 Å². The van der Waals surface area contributed by atoms with Crippen molar-refractivity contribution in [2.75, 3.05) is 6.54 Å². The molecule has 1 fully saturated rings. The summed E-state index contributed by atoms with van der Waals surface area (Å²) in [4.78, 5) is 14.5. The summed E-state index contributed by atoms with van der Waals surface area (Å²) >= 11 is 1.66. The summed E-state index contributed by atoms with van der Waals surface area (Å²) in [5.41, 5.74) is 8.62. The third kappa shape index (κ3) is 5.56. The van der Waals surface area contributed by atoms with Crippen LogP contribution in [0.2, 0.25) is 0 Å². The molecule has 1 heterocycles. The Balaban J connectivity index is 1.52. The van der Waals surface area contributed by atoms with Crippen molar-refractivity contribution in [1.29, 1.82) is 5.26 Å². The fourth-order valence-corrected chi connectivity index (χ4v) is 4.43. The van der Waals surface area contributed by atoms with E-state index in [1.54, 1.807) is 16.7 Å². The highest BCUT2D eigenvalue weighted by Gasteiger charge is 2.39. The van der Waals surface area contributed by atoms with Crippen LogP contribution in [0, 0.1) is 11.3 Å². The molecule has 2 aromatic rings. The summed E-state index contributed by atoms with van der Waals surface area (Å²) < 4.78 is 5.39. The lowest BCUT2D eigenvalue weighted by atomic mass is 10.0. The summed E-state index contributed by atoms with van der Waals surface area (Å²) in [5.74, 6) is 1.45. The standard InChI is InChI=1S/C24H29N3O2S/c1-24(2,22(26)23(28)27-14-6-9-20(27)15-25)30-17-19-10-12-21(13-11-19)29-16-18-7-4-3-5-8-18/h3-5,7-8,10-13,20,22H,6,9,14,16-17,26H2,1-2H3. The normalized spacial score (nSPS) is 17.4. The molecule has 0 spiro atoms. The van der Waals surface area contributed by atoms with Gasteiger partial charge in [-0.2, -0.15) is 5.26 Å². The number of carbonyl (C=O) groups is 1. The Morgan fingerprint density at radius 2 is 1.93 bits per heavy atom. The van der Waals surface area contributed by atoms with Crippen LogP contribution in [0.4, 0.5) is 0 Å². The quantitative estimate of drug-likeness (QED) is 0.691. The van der Waals surface area contributed by atoms with E-state index < -0.39 is 10.8 Å². The molecule has 1 aliphatic rings. The van der Waals surface area contributed by atoms with Gasteiger partial charge in [0, 0.05) is 17.0 Å². The molecule has 0 radical (unpaired) electrons. The first-order chi connectivity index (χ1) is 14.4. The fourth-order valence-electron chi connectivity index (χ4n) is 3.42. The number of likely N-dealkylation sites (tertiary alicyclic amines) is 1. The Morgan fingerprint density at radius 3 is 2.60 bits per heavy atom.